The Labute approximate surface area is 114 Å². The summed E-state index contributed by atoms with van der Waals surface area (Å²) in [5.74, 6) is 0.801. The van der Waals surface area contributed by atoms with Crippen molar-refractivity contribution in [1.29, 1.82) is 0 Å². The van der Waals surface area contributed by atoms with Gasteiger partial charge in [-0.1, -0.05) is 12.1 Å². The number of carbonyl (C=O) groups is 1. The van der Waals surface area contributed by atoms with Gasteiger partial charge in [0.25, 0.3) is 0 Å². The minimum atomic E-state index is -0.140. The fourth-order valence-corrected chi connectivity index (χ4v) is 2.00. The molecule has 0 radical (unpaired) electrons. The third-order valence-corrected chi connectivity index (χ3v) is 3.30. The van der Waals surface area contributed by atoms with Crippen LogP contribution in [-0.4, -0.2) is 25.1 Å². The largest absolute Gasteiger partial charge is 0.494 e. The molecule has 0 bridgehead atoms. The molecule has 4 nitrogen and oxygen atoms in total. The Morgan fingerprint density at radius 2 is 2.11 bits per heavy atom. The van der Waals surface area contributed by atoms with Gasteiger partial charge in [0.15, 0.2) is 0 Å². The minimum absolute atomic E-state index is 0.0823. The normalized spacial score (nSPS) is 15.9. The molecule has 1 aromatic rings. The molecule has 3 N–H and O–H groups in total. The average Bonchev–Trinajstić information content (AvgIpc) is 3.22. The Kier molecular flexibility index (Phi) is 4.80. The molecule has 19 heavy (non-hydrogen) atoms. The molecule has 1 aliphatic carbocycles. The molecule has 104 valence electrons. The zero-order valence-electron chi connectivity index (χ0n) is 11.4. The number of amides is 1. The standard InChI is InChI=1S/C15H22N2O2/c1-2-19-14-7-3-11(4-8-14)9-12(10-16)15(18)17-13-5-6-13/h3-4,7-8,12-13H,2,5-6,9-10,16H2,1H3,(H,17,18). The van der Waals surface area contributed by atoms with E-state index in [0.29, 0.717) is 25.6 Å². The lowest BCUT2D eigenvalue weighted by Crippen LogP contribution is -2.37. The summed E-state index contributed by atoms with van der Waals surface area (Å²) in [5.41, 5.74) is 6.83. The highest BCUT2D eigenvalue weighted by atomic mass is 16.5. The lowest BCUT2D eigenvalue weighted by molar-refractivity contribution is -0.124. The van der Waals surface area contributed by atoms with Crippen molar-refractivity contribution in [3.8, 4) is 5.75 Å². The topological polar surface area (TPSA) is 64.3 Å². The van der Waals surface area contributed by atoms with Crippen molar-refractivity contribution in [2.45, 2.75) is 32.2 Å². The monoisotopic (exact) mass is 262 g/mol. The van der Waals surface area contributed by atoms with E-state index < -0.39 is 0 Å². The second-order valence-corrected chi connectivity index (χ2v) is 5.00. The van der Waals surface area contributed by atoms with Crippen molar-refractivity contribution in [3.05, 3.63) is 29.8 Å². The molecule has 0 aromatic heterocycles. The third kappa shape index (κ3) is 4.24. The van der Waals surface area contributed by atoms with Gasteiger partial charge in [-0.05, 0) is 43.9 Å². The summed E-state index contributed by atoms with van der Waals surface area (Å²) in [6.07, 6.45) is 2.89. The maximum Gasteiger partial charge on any atom is 0.224 e. The molecule has 0 heterocycles. The van der Waals surface area contributed by atoms with Crippen LogP contribution in [0.4, 0.5) is 0 Å². The number of benzene rings is 1. The van der Waals surface area contributed by atoms with E-state index in [2.05, 4.69) is 5.32 Å². The Balaban J connectivity index is 1.90. The van der Waals surface area contributed by atoms with Crippen LogP contribution in [0.2, 0.25) is 0 Å². The van der Waals surface area contributed by atoms with Crippen LogP contribution in [0.3, 0.4) is 0 Å². The number of hydrogen-bond donors (Lipinski definition) is 2. The molecule has 1 atom stereocenters. The van der Waals surface area contributed by atoms with Crippen molar-refractivity contribution < 1.29 is 9.53 Å². The Morgan fingerprint density at radius 3 is 2.63 bits per heavy atom. The molecule has 4 heteroatoms. The summed E-state index contributed by atoms with van der Waals surface area (Å²) in [4.78, 5) is 12.0. The van der Waals surface area contributed by atoms with E-state index in [-0.39, 0.29) is 11.8 Å². The van der Waals surface area contributed by atoms with Gasteiger partial charge in [-0.15, -0.1) is 0 Å². The Morgan fingerprint density at radius 1 is 1.42 bits per heavy atom. The minimum Gasteiger partial charge on any atom is -0.494 e. The van der Waals surface area contributed by atoms with E-state index in [9.17, 15) is 4.79 Å². The Hall–Kier alpha value is -1.55. The van der Waals surface area contributed by atoms with Crippen molar-refractivity contribution in [1.82, 2.24) is 5.32 Å². The van der Waals surface area contributed by atoms with Crippen LogP contribution in [0.15, 0.2) is 24.3 Å². The van der Waals surface area contributed by atoms with Gasteiger partial charge in [0.1, 0.15) is 5.75 Å². The van der Waals surface area contributed by atoms with Crippen LogP contribution in [0.5, 0.6) is 5.75 Å². The maximum absolute atomic E-state index is 12.0. The van der Waals surface area contributed by atoms with Gasteiger partial charge in [0, 0.05) is 12.6 Å². The fourth-order valence-electron chi connectivity index (χ4n) is 2.00. The predicted octanol–water partition coefficient (Wildman–Crippen LogP) is 1.48. The average molecular weight is 262 g/mol. The SMILES string of the molecule is CCOc1ccc(CC(CN)C(=O)NC2CC2)cc1. The highest BCUT2D eigenvalue weighted by molar-refractivity contribution is 5.79. The van der Waals surface area contributed by atoms with Crippen molar-refractivity contribution in [3.63, 3.8) is 0 Å². The number of nitrogens with one attached hydrogen (secondary N) is 1. The molecule has 2 rings (SSSR count). The molecule has 1 fully saturated rings. The zero-order valence-corrected chi connectivity index (χ0v) is 11.4. The van der Waals surface area contributed by atoms with E-state index in [4.69, 9.17) is 10.5 Å². The fraction of sp³-hybridized carbons (Fsp3) is 0.533. The van der Waals surface area contributed by atoms with E-state index >= 15 is 0 Å². The van der Waals surface area contributed by atoms with E-state index in [1.807, 2.05) is 31.2 Å². The van der Waals surface area contributed by atoms with Gasteiger partial charge in [0.2, 0.25) is 5.91 Å². The van der Waals surface area contributed by atoms with Crippen LogP contribution < -0.4 is 15.8 Å². The predicted molar refractivity (Wildman–Crippen MR) is 75.0 cm³/mol. The quantitative estimate of drug-likeness (QED) is 0.782. The van der Waals surface area contributed by atoms with Crippen LogP contribution in [0, 0.1) is 5.92 Å². The molecule has 1 aromatic carbocycles. The molecule has 1 aliphatic rings. The van der Waals surface area contributed by atoms with E-state index in [1.165, 1.54) is 0 Å². The van der Waals surface area contributed by atoms with Crippen LogP contribution in [-0.2, 0) is 11.2 Å². The van der Waals surface area contributed by atoms with Crippen molar-refractivity contribution in [2.75, 3.05) is 13.2 Å². The molecular weight excluding hydrogens is 240 g/mol. The zero-order chi connectivity index (χ0) is 13.7. The molecule has 1 unspecified atom stereocenters. The second kappa shape index (κ2) is 6.57. The maximum atomic E-state index is 12.0. The first-order chi connectivity index (χ1) is 9.22. The Bertz CT molecular complexity index is 413. The van der Waals surface area contributed by atoms with Gasteiger partial charge in [0.05, 0.1) is 12.5 Å². The van der Waals surface area contributed by atoms with Crippen LogP contribution in [0.1, 0.15) is 25.3 Å². The summed E-state index contributed by atoms with van der Waals surface area (Å²) in [6.45, 7) is 3.00. The summed E-state index contributed by atoms with van der Waals surface area (Å²) >= 11 is 0. The first-order valence-electron chi connectivity index (χ1n) is 6.95. The number of nitrogens with two attached hydrogens (primary N) is 1. The third-order valence-electron chi connectivity index (χ3n) is 3.30. The number of carbonyl (C=O) groups excluding carboxylic acids is 1. The van der Waals surface area contributed by atoms with Crippen molar-refractivity contribution >= 4 is 5.91 Å². The lowest BCUT2D eigenvalue weighted by Gasteiger charge is -2.15. The molecule has 0 aliphatic heterocycles. The van der Waals surface area contributed by atoms with E-state index in [0.717, 1.165) is 24.2 Å². The first kappa shape index (κ1) is 13.9. The van der Waals surface area contributed by atoms with Gasteiger partial charge < -0.3 is 15.8 Å². The van der Waals surface area contributed by atoms with Gasteiger partial charge in [-0.3, -0.25) is 4.79 Å². The summed E-state index contributed by atoms with van der Waals surface area (Å²) < 4.78 is 5.40. The number of rotatable bonds is 7. The molecule has 0 spiro atoms. The highest BCUT2D eigenvalue weighted by Crippen LogP contribution is 2.20. The number of hydrogen-bond acceptors (Lipinski definition) is 3. The van der Waals surface area contributed by atoms with Gasteiger partial charge >= 0.3 is 0 Å². The highest BCUT2D eigenvalue weighted by Gasteiger charge is 2.26. The van der Waals surface area contributed by atoms with Gasteiger partial charge in [-0.25, -0.2) is 0 Å². The van der Waals surface area contributed by atoms with E-state index in [1.54, 1.807) is 0 Å². The smallest absolute Gasteiger partial charge is 0.224 e. The second-order valence-electron chi connectivity index (χ2n) is 5.00. The first-order valence-corrected chi connectivity index (χ1v) is 6.95. The molecular formula is C15H22N2O2. The summed E-state index contributed by atoms with van der Waals surface area (Å²) in [7, 11) is 0. The molecule has 1 amide bonds. The summed E-state index contributed by atoms with van der Waals surface area (Å²) in [6, 6.07) is 8.26. The van der Waals surface area contributed by atoms with Crippen LogP contribution >= 0.6 is 0 Å². The molecule has 0 saturated heterocycles. The van der Waals surface area contributed by atoms with Crippen molar-refractivity contribution in [2.24, 2.45) is 11.7 Å². The van der Waals surface area contributed by atoms with Gasteiger partial charge in [-0.2, -0.15) is 0 Å². The molecule has 1 saturated carbocycles. The van der Waals surface area contributed by atoms with Crippen LogP contribution in [0.25, 0.3) is 0 Å². The lowest BCUT2D eigenvalue weighted by atomic mass is 9.98. The summed E-state index contributed by atoms with van der Waals surface area (Å²) in [5, 5.41) is 3.01. The number of ether oxygens (including phenoxy) is 1.